The van der Waals surface area contributed by atoms with E-state index in [-0.39, 0.29) is 5.92 Å². The highest BCUT2D eigenvalue weighted by atomic mass is 16.5. The van der Waals surface area contributed by atoms with Gasteiger partial charge >= 0.3 is 0 Å². The zero-order valence-electron chi connectivity index (χ0n) is 17.5. The molecule has 4 fully saturated rings. The van der Waals surface area contributed by atoms with Crippen LogP contribution in [0.3, 0.4) is 0 Å². The number of nitrogens with one attached hydrogen (secondary N) is 1. The molecule has 4 saturated heterocycles. The van der Waals surface area contributed by atoms with Crippen molar-refractivity contribution in [2.75, 3.05) is 46.5 Å². The summed E-state index contributed by atoms with van der Waals surface area (Å²) in [5, 5.41) is 8.74. The summed E-state index contributed by atoms with van der Waals surface area (Å²) in [5.41, 5.74) is 1.92. The fraction of sp³-hybridized carbons (Fsp3) is 0.591. The number of hydrogen-bond acceptors (Lipinski definition) is 5. The first-order chi connectivity index (χ1) is 14.7. The summed E-state index contributed by atoms with van der Waals surface area (Å²) in [7, 11) is 1.67. The van der Waals surface area contributed by atoms with E-state index in [1.165, 1.54) is 0 Å². The van der Waals surface area contributed by atoms with Gasteiger partial charge in [-0.1, -0.05) is 5.21 Å². The van der Waals surface area contributed by atoms with Crippen LogP contribution in [0.2, 0.25) is 0 Å². The Balaban J connectivity index is 1.22. The molecule has 8 nitrogen and oxygen atoms in total. The molecule has 1 amide bonds. The van der Waals surface area contributed by atoms with Crippen LogP contribution in [0.1, 0.15) is 12.8 Å². The van der Waals surface area contributed by atoms with Gasteiger partial charge in [0.05, 0.1) is 52.1 Å². The Hall–Kier alpha value is -2.45. The summed E-state index contributed by atoms with van der Waals surface area (Å²) in [6.45, 7) is 5.79. The molecule has 5 heterocycles. The Labute approximate surface area is 176 Å². The van der Waals surface area contributed by atoms with Crippen molar-refractivity contribution in [3.05, 3.63) is 30.5 Å². The second kappa shape index (κ2) is 8.35. The Morgan fingerprint density at radius 2 is 2.07 bits per heavy atom. The molecule has 2 bridgehead atoms. The first-order valence-corrected chi connectivity index (χ1v) is 11.0. The molecule has 1 aromatic heterocycles. The number of carbonyl (C=O) groups excluding carboxylic acids is 1. The largest absolute Gasteiger partial charge is 0.497 e. The molecule has 1 unspecified atom stereocenters. The molecule has 6 rings (SSSR count). The van der Waals surface area contributed by atoms with Crippen LogP contribution in [0.25, 0.3) is 11.3 Å². The molecular formula is C22H30N5O3+. The van der Waals surface area contributed by atoms with Gasteiger partial charge in [-0.15, -0.1) is 5.10 Å². The number of amides is 1. The van der Waals surface area contributed by atoms with Crippen molar-refractivity contribution in [3.63, 3.8) is 0 Å². The Morgan fingerprint density at radius 1 is 1.27 bits per heavy atom. The lowest BCUT2D eigenvalue weighted by molar-refractivity contribution is -0.945. The van der Waals surface area contributed by atoms with Crippen LogP contribution in [0.15, 0.2) is 30.5 Å². The van der Waals surface area contributed by atoms with Crippen molar-refractivity contribution < 1.29 is 19.2 Å². The number of fused-ring (bicyclic) bond motifs is 3. The number of hydrogen-bond donors (Lipinski definition) is 1. The molecule has 2 aromatic rings. The van der Waals surface area contributed by atoms with Gasteiger partial charge in [0.2, 0.25) is 5.91 Å². The maximum absolute atomic E-state index is 13.0. The number of piperidine rings is 3. The second-order valence-corrected chi connectivity index (χ2v) is 8.69. The molecule has 8 heteroatoms. The van der Waals surface area contributed by atoms with Gasteiger partial charge in [0.25, 0.3) is 0 Å². The maximum atomic E-state index is 13.0. The number of morpholine rings is 1. The van der Waals surface area contributed by atoms with E-state index in [1.54, 1.807) is 12.0 Å². The molecule has 1 aromatic carbocycles. The standard InChI is InChI=1S/C22H29N5O3/c1-29-19-4-2-16(3-5-19)21-15-27(24-23-21)13-18-12-17-6-7-26(18)14-20(17)22(28)25-8-10-30-11-9-25/h2-5,15,17-18,20H,6-14H2,1H3/p+1/t17-,18-,20+/m1/s1. The predicted octanol–water partition coefficient (Wildman–Crippen LogP) is 0.106. The topological polar surface area (TPSA) is 73.9 Å². The fourth-order valence-electron chi connectivity index (χ4n) is 5.33. The number of methoxy groups -OCH3 is 1. The molecule has 0 radical (unpaired) electrons. The Bertz CT molecular complexity index is 877. The van der Waals surface area contributed by atoms with E-state index in [0.29, 0.717) is 31.1 Å². The quantitative estimate of drug-likeness (QED) is 0.755. The lowest BCUT2D eigenvalue weighted by Gasteiger charge is -2.47. The van der Waals surface area contributed by atoms with Crippen molar-refractivity contribution in [2.45, 2.75) is 25.4 Å². The lowest BCUT2D eigenvalue weighted by Crippen LogP contribution is -3.20. The third-order valence-electron chi connectivity index (χ3n) is 7.02. The van der Waals surface area contributed by atoms with Gasteiger partial charge in [-0.25, -0.2) is 4.68 Å². The van der Waals surface area contributed by atoms with Crippen molar-refractivity contribution in [2.24, 2.45) is 11.8 Å². The first kappa shape index (κ1) is 19.5. The van der Waals surface area contributed by atoms with Crippen molar-refractivity contribution in [1.29, 1.82) is 0 Å². The van der Waals surface area contributed by atoms with E-state index >= 15 is 0 Å². The maximum Gasteiger partial charge on any atom is 0.231 e. The molecule has 4 atom stereocenters. The zero-order chi connectivity index (χ0) is 20.5. The van der Waals surface area contributed by atoms with Crippen LogP contribution in [0.4, 0.5) is 0 Å². The zero-order valence-corrected chi connectivity index (χ0v) is 17.5. The minimum atomic E-state index is 0.175. The number of rotatable bonds is 5. The van der Waals surface area contributed by atoms with Gasteiger partial charge in [0, 0.05) is 31.5 Å². The Kier molecular flexibility index (Phi) is 5.43. The summed E-state index contributed by atoms with van der Waals surface area (Å²) in [4.78, 5) is 16.6. The van der Waals surface area contributed by atoms with Crippen molar-refractivity contribution >= 4 is 5.91 Å². The lowest BCUT2D eigenvalue weighted by atomic mass is 9.75. The number of benzene rings is 1. The van der Waals surface area contributed by atoms with Gasteiger partial charge in [-0.3, -0.25) is 4.79 Å². The van der Waals surface area contributed by atoms with E-state index in [9.17, 15) is 4.79 Å². The molecule has 30 heavy (non-hydrogen) atoms. The normalized spacial score (nSPS) is 28.5. The van der Waals surface area contributed by atoms with E-state index in [2.05, 4.69) is 10.3 Å². The van der Waals surface area contributed by atoms with Crippen LogP contribution in [-0.2, 0) is 16.1 Å². The van der Waals surface area contributed by atoms with Gasteiger partial charge in [0.1, 0.15) is 17.5 Å². The van der Waals surface area contributed by atoms with Crippen LogP contribution in [0.5, 0.6) is 5.75 Å². The molecule has 0 spiro atoms. The Morgan fingerprint density at radius 3 is 2.77 bits per heavy atom. The SMILES string of the molecule is COc1ccc(-c2cn(C[C@H]3C[C@H]4CC[NH+]3C[C@@H]4C(=O)N3CCOCC3)nn2)cc1. The van der Waals surface area contributed by atoms with Gasteiger partial charge in [0.15, 0.2) is 0 Å². The van der Waals surface area contributed by atoms with Crippen molar-refractivity contribution in [3.8, 4) is 17.0 Å². The minimum absolute atomic E-state index is 0.175. The number of carbonyl (C=O) groups is 1. The van der Waals surface area contributed by atoms with Crippen LogP contribution in [0, 0.1) is 11.8 Å². The van der Waals surface area contributed by atoms with E-state index in [0.717, 1.165) is 62.6 Å². The third-order valence-corrected chi connectivity index (χ3v) is 7.02. The molecule has 4 aliphatic heterocycles. The van der Waals surface area contributed by atoms with Gasteiger partial charge < -0.3 is 19.3 Å². The summed E-state index contributed by atoms with van der Waals surface area (Å²) in [6, 6.07) is 8.40. The van der Waals surface area contributed by atoms with Gasteiger partial charge in [-0.05, 0) is 30.2 Å². The predicted molar refractivity (Wildman–Crippen MR) is 110 cm³/mol. The number of quaternary nitrogens is 1. The average Bonchev–Trinajstić information content (AvgIpc) is 3.28. The van der Waals surface area contributed by atoms with Gasteiger partial charge in [-0.2, -0.15) is 0 Å². The molecule has 0 saturated carbocycles. The third kappa shape index (κ3) is 3.81. The summed E-state index contributed by atoms with van der Waals surface area (Å²) < 4.78 is 12.6. The summed E-state index contributed by atoms with van der Waals surface area (Å²) in [5.74, 6) is 1.85. The molecular weight excluding hydrogens is 382 g/mol. The highest BCUT2D eigenvalue weighted by molar-refractivity contribution is 5.79. The molecule has 1 N–H and O–H groups in total. The highest BCUT2D eigenvalue weighted by Crippen LogP contribution is 2.29. The number of nitrogens with zero attached hydrogens (tertiary/aromatic N) is 4. The average molecular weight is 413 g/mol. The molecule has 160 valence electrons. The number of aromatic nitrogens is 3. The van der Waals surface area contributed by atoms with Crippen LogP contribution < -0.4 is 9.64 Å². The smallest absolute Gasteiger partial charge is 0.231 e. The van der Waals surface area contributed by atoms with Crippen LogP contribution >= 0.6 is 0 Å². The number of ether oxygens (including phenoxy) is 2. The van der Waals surface area contributed by atoms with E-state index in [1.807, 2.05) is 40.0 Å². The molecule has 4 aliphatic rings. The summed E-state index contributed by atoms with van der Waals surface area (Å²) >= 11 is 0. The second-order valence-electron chi connectivity index (χ2n) is 8.69. The highest BCUT2D eigenvalue weighted by Gasteiger charge is 2.47. The van der Waals surface area contributed by atoms with Crippen LogP contribution in [-0.4, -0.2) is 78.3 Å². The fourth-order valence-corrected chi connectivity index (χ4v) is 5.33. The first-order valence-electron chi connectivity index (χ1n) is 11.0. The van der Waals surface area contributed by atoms with Crippen molar-refractivity contribution in [1.82, 2.24) is 19.9 Å². The molecule has 0 aliphatic carbocycles. The summed E-state index contributed by atoms with van der Waals surface area (Å²) in [6.07, 6.45) is 4.27. The van der Waals surface area contributed by atoms with E-state index in [4.69, 9.17) is 9.47 Å². The monoisotopic (exact) mass is 412 g/mol. The minimum Gasteiger partial charge on any atom is -0.497 e. The van der Waals surface area contributed by atoms with E-state index < -0.39 is 0 Å².